The molecule has 1 aliphatic heterocycles. The Kier molecular flexibility index (Phi) is 4.48. The number of carboxylic acids is 1. The zero-order chi connectivity index (χ0) is 14.0. The molecular formula is C15H20ClNO2. The van der Waals surface area contributed by atoms with Gasteiger partial charge in [-0.25, -0.2) is 4.79 Å². The molecule has 1 fully saturated rings. The molecule has 0 radical (unpaired) electrons. The molecular weight excluding hydrogens is 262 g/mol. The molecule has 1 heterocycles. The Morgan fingerprint density at radius 3 is 2.84 bits per heavy atom. The number of piperidine rings is 1. The van der Waals surface area contributed by atoms with E-state index in [2.05, 4.69) is 18.7 Å². The van der Waals surface area contributed by atoms with Crippen molar-refractivity contribution in [2.75, 3.05) is 6.54 Å². The zero-order valence-corrected chi connectivity index (χ0v) is 12.2. The van der Waals surface area contributed by atoms with Crippen LogP contribution in [0.15, 0.2) is 18.2 Å². The summed E-state index contributed by atoms with van der Waals surface area (Å²) in [6.45, 7) is 6.42. The predicted octanol–water partition coefficient (Wildman–Crippen LogP) is 3.66. The molecule has 1 N–H and O–H groups in total. The summed E-state index contributed by atoms with van der Waals surface area (Å²) in [5.41, 5.74) is 1.25. The maximum Gasteiger partial charge on any atom is 0.335 e. The number of likely N-dealkylation sites (tertiary alicyclic amines) is 1. The van der Waals surface area contributed by atoms with Gasteiger partial charge < -0.3 is 5.11 Å². The number of aromatic carboxylic acids is 1. The van der Waals surface area contributed by atoms with Gasteiger partial charge in [0.1, 0.15) is 0 Å². The summed E-state index contributed by atoms with van der Waals surface area (Å²) in [5.74, 6) is -0.237. The lowest BCUT2D eigenvalue weighted by Crippen LogP contribution is -2.41. The molecule has 4 heteroatoms. The van der Waals surface area contributed by atoms with Crippen molar-refractivity contribution in [2.24, 2.45) is 5.92 Å². The van der Waals surface area contributed by atoms with E-state index < -0.39 is 5.97 Å². The first-order chi connectivity index (χ1) is 8.99. The standard InChI is InChI=1S/C15H20ClNO2/c1-10-4-3-7-17(11(10)2)9-13-6-5-12(15(18)19)8-14(13)16/h5-6,8,10-11H,3-4,7,9H2,1-2H3,(H,18,19). The van der Waals surface area contributed by atoms with E-state index >= 15 is 0 Å². The minimum atomic E-state index is -0.937. The van der Waals surface area contributed by atoms with Gasteiger partial charge in [-0.1, -0.05) is 24.6 Å². The van der Waals surface area contributed by atoms with Gasteiger partial charge in [-0.05, 0) is 49.9 Å². The summed E-state index contributed by atoms with van der Waals surface area (Å²) in [6, 6.07) is 5.54. The lowest BCUT2D eigenvalue weighted by Gasteiger charge is -2.38. The minimum Gasteiger partial charge on any atom is -0.478 e. The van der Waals surface area contributed by atoms with Crippen LogP contribution in [0, 0.1) is 5.92 Å². The lowest BCUT2D eigenvalue weighted by atomic mass is 9.91. The van der Waals surface area contributed by atoms with Crippen LogP contribution < -0.4 is 0 Å². The van der Waals surface area contributed by atoms with E-state index in [-0.39, 0.29) is 5.56 Å². The van der Waals surface area contributed by atoms with Gasteiger partial charge in [0.25, 0.3) is 0 Å². The summed E-state index contributed by atoms with van der Waals surface area (Å²) in [6.07, 6.45) is 2.50. The minimum absolute atomic E-state index is 0.244. The molecule has 2 atom stereocenters. The Morgan fingerprint density at radius 2 is 2.21 bits per heavy atom. The number of carboxylic acid groups (broad SMARTS) is 1. The van der Waals surface area contributed by atoms with Crippen LogP contribution in [0.4, 0.5) is 0 Å². The Bertz CT molecular complexity index is 475. The predicted molar refractivity (Wildman–Crippen MR) is 76.7 cm³/mol. The summed E-state index contributed by atoms with van der Waals surface area (Å²) >= 11 is 6.19. The van der Waals surface area contributed by atoms with Crippen molar-refractivity contribution in [3.05, 3.63) is 34.3 Å². The van der Waals surface area contributed by atoms with E-state index in [4.69, 9.17) is 16.7 Å². The largest absolute Gasteiger partial charge is 0.478 e. The third-order valence-corrected chi connectivity index (χ3v) is 4.53. The molecule has 0 amide bonds. The molecule has 0 aliphatic carbocycles. The average molecular weight is 282 g/mol. The van der Waals surface area contributed by atoms with Gasteiger partial charge in [0.15, 0.2) is 0 Å². The SMILES string of the molecule is CC1CCCN(Cc2ccc(C(=O)O)cc2Cl)C1C. The summed E-state index contributed by atoms with van der Waals surface area (Å²) in [4.78, 5) is 13.3. The quantitative estimate of drug-likeness (QED) is 0.919. The number of hydrogen-bond acceptors (Lipinski definition) is 2. The number of rotatable bonds is 3. The van der Waals surface area contributed by atoms with Crippen LogP contribution in [0.1, 0.15) is 42.6 Å². The molecule has 0 spiro atoms. The molecule has 104 valence electrons. The van der Waals surface area contributed by atoms with Crippen LogP contribution in [-0.4, -0.2) is 28.6 Å². The van der Waals surface area contributed by atoms with Crippen molar-refractivity contribution in [1.29, 1.82) is 0 Å². The van der Waals surface area contributed by atoms with E-state index in [1.54, 1.807) is 6.07 Å². The fraction of sp³-hybridized carbons (Fsp3) is 0.533. The van der Waals surface area contributed by atoms with E-state index in [1.807, 2.05) is 6.07 Å². The fourth-order valence-electron chi connectivity index (χ4n) is 2.67. The van der Waals surface area contributed by atoms with E-state index in [1.165, 1.54) is 18.9 Å². The number of benzene rings is 1. The Balaban J connectivity index is 2.12. The molecule has 1 saturated heterocycles. The molecule has 19 heavy (non-hydrogen) atoms. The van der Waals surface area contributed by atoms with Gasteiger partial charge in [-0.3, -0.25) is 4.90 Å². The molecule has 1 aromatic carbocycles. The maximum atomic E-state index is 10.9. The monoisotopic (exact) mass is 281 g/mol. The molecule has 1 aliphatic rings. The smallest absolute Gasteiger partial charge is 0.335 e. The highest BCUT2D eigenvalue weighted by atomic mass is 35.5. The second-order valence-electron chi connectivity index (χ2n) is 5.44. The van der Waals surface area contributed by atoms with Crippen LogP contribution in [-0.2, 0) is 6.54 Å². The first kappa shape index (κ1) is 14.4. The Hall–Kier alpha value is -1.06. The molecule has 0 bridgehead atoms. The number of carbonyl (C=O) groups is 1. The zero-order valence-electron chi connectivity index (χ0n) is 11.4. The Labute approximate surface area is 119 Å². The first-order valence-electron chi connectivity index (χ1n) is 6.75. The molecule has 2 unspecified atom stereocenters. The van der Waals surface area contributed by atoms with E-state index in [0.29, 0.717) is 17.0 Å². The molecule has 1 aromatic rings. The molecule has 2 rings (SSSR count). The highest BCUT2D eigenvalue weighted by Crippen LogP contribution is 2.27. The van der Waals surface area contributed by atoms with Gasteiger partial charge in [0.2, 0.25) is 0 Å². The topological polar surface area (TPSA) is 40.5 Å². The van der Waals surface area contributed by atoms with E-state index in [9.17, 15) is 4.79 Å². The van der Waals surface area contributed by atoms with Gasteiger partial charge >= 0.3 is 5.97 Å². The number of halogens is 1. The number of nitrogens with zero attached hydrogens (tertiary/aromatic N) is 1. The van der Waals surface area contributed by atoms with Crippen LogP contribution in [0.25, 0.3) is 0 Å². The van der Waals surface area contributed by atoms with Gasteiger partial charge in [0.05, 0.1) is 5.56 Å². The van der Waals surface area contributed by atoms with Crippen molar-refractivity contribution in [3.8, 4) is 0 Å². The van der Waals surface area contributed by atoms with Crippen LogP contribution in [0.3, 0.4) is 0 Å². The van der Waals surface area contributed by atoms with Gasteiger partial charge in [-0.15, -0.1) is 0 Å². The van der Waals surface area contributed by atoms with Crippen LogP contribution in [0.2, 0.25) is 5.02 Å². The fourth-order valence-corrected chi connectivity index (χ4v) is 2.91. The van der Waals surface area contributed by atoms with Crippen molar-refractivity contribution >= 4 is 17.6 Å². The summed E-state index contributed by atoms with van der Waals surface area (Å²) in [7, 11) is 0. The molecule has 0 saturated carbocycles. The maximum absolute atomic E-state index is 10.9. The second-order valence-corrected chi connectivity index (χ2v) is 5.85. The van der Waals surface area contributed by atoms with E-state index in [0.717, 1.165) is 18.7 Å². The van der Waals surface area contributed by atoms with Crippen molar-refractivity contribution < 1.29 is 9.90 Å². The summed E-state index contributed by atoms with van der Waals surface area (Å²) < 4.78 is 0. The molecule has 0 aromatic heterocycles. The third kappa shape index (κ3) is 3.28. The second kappa shape index (κ2) is 5.93. The third-order valence-electron chi connectivity index (χ3n) is 4.18. The van der Waals surface area contributed by atoms with Crippen molar-refractivity contribution in [2.45, 2.75) is 39.3 Å². The average Bonchev–Trinajstić information content (AvgIpc) is 2.37. The first-order valence-corrected chi connectivity index (χ1v) is 7.12. The number of hydrogen-bond donors (Lipinski definition) is 1. The summed E-state index contributed by atoms with van der Waals surface area (Å²) in [5, 5.41) is 9.48. The highest BCUT2D eigenvalue weighted by Gasteiger charge is 2.25. The Morgan fingerprint density at radius 1 is 1.47 bits per heavy atom. The van der Waals surface area contributed by atoms with Crippen molar-refractivity contribution in [3.63, 3.8) is 0 Å². The van der Waals surface area contributed by atoms with Crippen LogP contribution >= 0.6 is 11.6 Å². The van der Waals surface area contributed by atoms with Crippen LogP contribution in [0.5, 0.6) is 0 Å². The molecule has 3 nitrogen and oxygen atoms in total. The van der Waals surface area contributed by atoms with Crippen molar-refractivity contribution in [1.82, 2.24) is 4.90 Å². The normalized spacial score (nSPS) is 24.4. The highest BCUT2D eigenvalue weighted by molar-refractivity contribution is 6.31. The lowest BCUT2D eigenvalue weighted by molar-refractivity contribution is 0.0697. The van der Waals surface area contributed by atoms with Gasteiger partial charge in [-0.2, -0.15) is 0 Å². The van der Waals surface area contributed by atoms with Gasteiger partial charge in [0, 0.05) is 17.6 Å².